The molecule has 1 amide bonds. The number of hydrogen-bond acceptors (Lipinski definition) is 7. The van der Waals surface area contributed by atoms with E-state index in [1.807, 2.05) is 96.3 Å². The molecular formula is C35H33F3N2O6. The summed E-state index contributed by atoms with van der Waals surface area (Å²) in [6, 6.07) is 30.1. The second-order valence-electron chi connectivity index (χ2n) is 10.4. The van der Waals surface area contributed by atoms with Crippen molar-refractivity contribution in [3.63, 3.8) is 0 Å². The van der Waals surface area contributed by atoms with E-state index in [0.29, 0.717) is 6.61 Å². The summed E-state index contributed by atoms with van der Waals surface area (Å²) in [4.78, 5) is 16.2. The van der Waals surface area contributed by atoms with Crippen molar-refractivity contribution in [2.24, 2.45) is 0 Å². The fourth-order valence-corrected chi connectivity index (χ4v) is 4.86. The minimum absolute atomic E-state index is 0.0150. The highest BCUT2D eigenvalue weighted by atomic mass is 19.4. The third-order valence-electron chi connectivity index (χ3n) is 7.12. The Kier molecular flexibility index (Phi) is 11.0. The van der Waals surface area contributed by atoms with E-state index >= 15 is 0 Å². The van der Waals surface area contributed by atoms with Crippen LogP contribution in [0.25, 0.3) is 6.08 Å². The average molecular weight is 635 g/mol. The Bertz CT molecular complexity index is 1590. The van der Waals surface area contributed by atoms with Gasteiger partial charge in [0.25, 0.3) is 0 Å². The molecule has 0 radical (unpaired) electrons. The highest BCUT2D eigenvalue weighted by Gasteiger charge is 2.44. The topological polar surface area (TPSA) is 88.1 Å². The number of halogens is 3. The van der Waals surface area contributed by atoms with Gasteiger partial charge in [0.05, 0.1) is 39.2 Å². The van der Waals surface area contributed by atoms with Crippen LogP contribution in [-0.2, 0) is 43.6 Å². The standard InChI is InChI=1S/C35H33F3N2O6/c1-42-28-17-18-39-27(31(28)40-34(41)35(36,37)38)19-29-32(44-21-25-13-7-3-8-14-25)33(45-22-26-15-9-4-10-16-26)30(46-29)23-43-20-24-11-5-2-6-12-24/h2-19,30,32-33H,20-23H2,1H3,(H,40,41)/b29-19-/t30-,32+,33-/m1/s1. The van der Waals surface area contributed by atoms with E-state index in [1.54, 1.807) is 0 Å². The molecule has 3 atom stereocenters. The summed E-state index contributed by atoms with van der Waals surface area (Å²) < 4.78 is 70.2. The third-order valence-corrected chi connectivity index (χ3v) is 7.12. The Labute approximate surface area is 264 Å². The first-order chi connectivity index (χ1) is 22.3. The molecular weight excluding hydrogens is 601 g/mol. The molecule has 1 N–H and O–H groups in total. The number of ether oxygens (including phenoxy) is 5. The van der Waals surface area contributed by atoms with Gasteiger partial charge in [-0.2, -0.15) is 13.2 Å². The summed E-state index contributed by atoms with van der Waals surface area (Å²) in [6.45, 7) is 0.886. The van der Waals surface area contributed by atoms with Gasteiger partial charge in [0.2, 0.25) is 0 Å². The number of nitrogens with one attached hydrogen (secondary N) is 1. The maximum absolute atomic E-state index is 13.2. The van der Waals surface area contributed by atoms with E-state index in [-0.39, 0.29) is 42.7 Å². The molecule has 8 nitrogen and oxygen atoms in total. The Morgan fingerprint density at radius 3 is 1.98 bits per heavy atom. The SMILES string of the molecule is COc1ccnc(/C=C2\O[C@H](COCc3ccccc3)[C@@H](OCc3ccccc3)[C@H]2OCc2ccccc2)c1NC(=O)C(F)(F)F. The molecule has 3 aromatic carbocycles. The van der Waals surface area contributed by atoms with E-state index in [9.17, 15) is 18.0 Å². The maximum Gasteiger partial charge on any atom is 0.471 e. The van der Waals surface area contributed by atoms with Crippen LogP contribution >= 0.6 is 0 Å². The summed E-state index contributed by atoms with van der Waals surface area (Å²) in [6.07, 6.45) is -4.49. The lowest BCUT2D eigenvalue weighted by molar-refractivity contribution is -0.167. The molecule has 1 fully saturated rings. The van der Waals surface area contributed by atoms with Crippen molar-refractivity contribution < 1.29 is 41.7 Å². The highest BCUT2D eigenvalue weighted by molar-refractivity contribution is 5.97. The number of amides is 1. The minimum atomic E-state index is -5.13. The van der Waals surface area contributed by atoms with Crippen molar-refractivity contribution >= 4 is 17.7 Å². The predicted molar refractivity (Wildman–Crippen MR) is 164 cm³/mol. The number of alkyl halides is 3. The van der Waals surface area contributed by atoms with E-state index in [1.165, 1.54) is 25.4 Å². The molecule has 0 spiro atoms. The van der Waals surface area contributed by atoms with Gasteiger partial charge in [0.15, 0.2) is 6.10 Å². The lowest BCUT2D eigenvalue weighted by Gasteiger charge is -2.23. The molecule has 240 valence electrons. The number of carbonyl (C=O) groups excluding carboxylic acids is 1. The molecule has 11 heteroatoms. The number of rotatable bonds is 13. The average Bonchev–Trinajstić information content (AvgIpc) is 3.39. The van der Waals surface area contributed by atoms with Crippen LogP contribution in [-0.4, -0.2) is 49.1 Å². The molecule has 5 rings (SSSR count). The molecule has 1 aromatic heterocycles. The highest BCUT2D eigenvalue weighted by Crippen LogP contribution is 2.36. The van der Waals surface area contributed by atoms with Gasteiger partial charge in [0.1, 0.15) is 29.4 Å². The summed E-state index contributed by atoms with van der Waals surface area (Å²) in [7, 11) is 1.28. The number of pyridine rings is 1. The number of hydrogen-bond donors (Lipinski definition) is 1. The molecule has 0 saturated carbocycles. The van der Waals surface area contributed by atoms with Gasteiger partial charge in [0, 0.05) is 18.3 Å². The van der Waals surface area contributed by atoms with Gasteiger partial charge in [-0.15, -0.1) is 0 Å². The molecule has 2 heterocycles. The van der Waals surface area contributed by atoms with E-state index in [2.05, 4.69) is 4.98 Å². The molecule has 0 bridgehead atoms. The third kappa shape index (κ3) is 8.72. The van der Waals surface area contributed by atoms with Crippen molar-refractivity contribution in [3.05, 3.63) is 131 Å². The van der Waals surface area contributed by atoms with Gasteiger partial charge < -0.3 is 29.0 Å². The lowest BCUT2D eigenvalue weighted by atomic mass is 10.1. The number of nitrogens with zero attached hydrogens (tertiary/aromatic N) is 1. The molecule has 1 saturated heterocycles. The first-order valence-corrected chi connectivity index (χ1v) is 14.5. The minimum Gasteiger partial charge on any atom is -0.494 e. The van der Waals surface area contributed by atoms with Gasteiger partial charge >= 0.3 is 12.1 Å². The summed E-state index contributed by atoms with van der Waals surface area (Å²) in [5.74, 6) is -1.94. The fraction of sp³-hybridized carbons (Fsp3) is 0.257. The molecule has 0 unspecified atom stereocenters. The molecule has 1 aliphatic rings. The fourth-order valence-electron chi connectivity index (χ4n) is 4.86. The van der Waals surface area contributed by atoms with Crippen LogP contribution in [0.2, 0.25) is 0 Å². The van der Waals surface area contributed by atoms with Crippen LogP contribution in [0.5, 0.6) is 5.75 Å². The second kappa shape index (κ2) is 15.5. The van der Waals surface area contributed by atoms with Crippen molar-refractivity contribution in [1.29, 1.82) is 0 Å². The van der Waals surface area contributed by atoms with Gasteiger partial charge in [-0.1, -0.05) is 91.0 Å². The van der Waals surface area contributed by atoms with Gasteiger partial charge in [-0.3, -0.25) is 9.78 Å². The van der Waals surface area contributed by atoms with Crippen LogP contribution in [0.3, 0.4) is 0 Å². The van der Waals surface area contributed by atoms with Crippen LogP contribution in [0, 0.1) is 0 Å². The van der Waals surface area contributed by atoms with Crippen molar-refractivity contribution in [2.45, 2.75) is 44.3 Å². The van der Waals surface area contributed by atoms with Crippen molar-refractivity contribution in [1.82, 2.24) is 4.98 Å². The molecule has 0 aliphatic carbocycles. The van der Waals surface area contributed by atoms with Crippen molar-refractivity contribution in [2.75, 3.05) is 19.0 Å². The number of methoxy groups -OCH3 is 1. The number of carbonyl (C=O) groups is 1. The Morgan fingerprint density at radius 2 is 1.41 bits per heavy atom. The molecule has 4 aromatic rings. The summed E-state index contributed by atoms with van der Waals surface area (Å²) >= 11 is 0. The summed E-state index contributed by atoms with van der Waals surface area (Å²) in [5.41, 5.74) is 2.51. The van der Waals surface area contributed by atoms with Crippen LogP contribution in [0.15, 0.2) is 109 Å². The zero-order valence-electron chi connectivity index (χ0n) is 25.0. The number of aromatic nitrogens is 1. The maximum atomic E-state index is 13.2. The van der Waals surface area contributed by atoms with Gasteiger partial charge in [-0.25, -0.2) is 0 Å². The number of benzene rings is 3. The number of anilines is 1. The zero-order chi connectivity index (χ0) is 32.4. The van der Waals surface area contributed by atoms with Crippen molar-refractivity contribution in [3.8, 4) is 5.75 Å². The van der Waals surface area contributed by atoms with Crippen LogP contribution in [0.4, 0.5) is 18.9 Å². The van der Waals surface area contributed by atoms with E-state index in [0.717, 1.165) is 16.7 Å². The van der Waals surface area contributed by atoms with E-state index in [4.69, 9.17) is 23.7 Å². The Hall–Kier alpha value is -4.71. The largest absolute Gasteiger partial charge is 0.494 e. The predicted octanol–water partition coefficient (Wildman–Crippen LogP) is 6.72. The van der Waals surface area contributed by atoms with E-state index < -0.39 is 30.4 Å². The monoisotopic (exact) mass is 634 g/mol. The Morgan fingerprint density at radius 1 is 0.848 bits per heavy atom. The van der Waals surface area contributed by atoms with Gasteiger partial charge in [-0.05, 0) is 16.7 Å². The quantitative estimate of drug-likeness (QED) is 0.175. The summed E-state index contributed by atoms with van der Waals surface area (Å²) in [5, 5.41) is 1.89. The lowest BCUT2D eigenvalue weighted by Crippen LogP contribution is -2.37. The Balaban J connectivity index is 1.48. The second-order valence-corrected chi connectivity index (χ2v) is 10.4. The first-order valence-electron chi connectivity index (χ1n) is 14.5. The first kappa shape index (κ1) is 32.7. The zero-order valence-corrected chi connectivity index (χ0v) is 25.0. The smallest absolute Gasteiger partial charge is 0.471 e. The molecule has 1 aliphatic heterocycles. The molecule has 46 heavy (non-hydrogen) atoms. The van der Waals surface area contributed by atoms with Crippen LogP contribution < -0.4 is 10.1 Å². The van der Waals surface area contributed by atoms with Crippen LogP contribution in [0.1, 0.15) is 22.4 Å². The normalized spacial score (nSPS) is 18.7.